The number of aliphatic hydroxyl groups is 1. The van der Waals surface area contributed by atoms with Gasteiger partial charge in [0.1, 0.15) is 5.82 Å². The molecule has 2 aromatic heterocycles. The summed E-state index contributed by atoms with van der Waals surface area (Å²) < 4.78 is 28.1. The zero-order chi connectivity index (χ0) is 17.1. The molecule has 2 heterocycles. The standard InChI is InChI=1S/C17H15F2N3O2/c18-13-4-2-11(3-5-13)15-16(12-6-7-20-14(19)10-12)22(8-1-9-23)17(24)21-15/h2-7,10,23H,1,8-9H2,(H,21,24). The molecule has 0 aliphatic rings. The Kier molecular flexibility index (Phi) is 4.52. The van der Waals surface area contributed by atoms with E-state index in [4.69, 9.17) is 5.11 Å². The Morgan fingerprint density at radius 3 is 2.54 bits per heavy atom. The monoisotopic (exact) mass is 331 g/mol. The Morgan fingerprint density at radius 1 is 1.12 bits per heavy atom. The molecule has 0 unspecified atom stereocenters. The summed E-state index contributed by atoms with van der Waals surface area (Å²) in [6.45, 7) is 0.194. The van der Waals surface area contributed by atoms with Gasteiger partial charge in [-0.05, 0) is 36.8 Å². The predicted molar refractivity (Wildman–Crippen MR) is 85.3 cm³/mol. The first-order chi connectivity index (χ1) is 11.6. The summed E-state index contributed by atoms with van der Waals surface area (Å²) in [6.07, 6.45) is 1.69. The van der Waals surface area contributed by atoms with Crippen molar-refractivity contribution in [2.45, 2.75) is 13.0 Å². The van der Waals surface area contributed by atoms with Gasteiger partial charge in [0.15, 0.2) is 0 Å². The van der Waals surface area contributed by atoms with Gasteiger partial charge in [-0.1, -0.05) is 0 Å². The molecule has 24 heavy (non-hydrogen) atoms. The highest BCUT2D eigenvalue weighted by Gasteiger charge is 2.18. The number of hydrogen-bond donors (Lipinski definition) is 2. The number of halogens is 2. The predicted octanol–water partition coefficient (Wildman–Crippen LogP) is 2.57. The van der Waals surface area contributed by atoms with Crippen molar-refractivity contribution in [3.05, 3.63) is 64.8 Å². The maximum Gasteiger partial charge on any atom is 0.326 e. The minimum absolute atomic E-state index is 0.0757. The molecule has 0 aliphatic carbocycles. The first-order valence-electron chi connectivity index (χ1n) is 7.41. The lowest BCUT2D eigenvalue weighted by molar-refractivity contribution is 0.279. The first-order valence-corrected chi connectivity index (χ1v) is 7.41. The molecule has 0 fully saturated rings. The van der Waals surface area contributed by atoms with Crippen LogP contribution in [0.3, 0.4) is 0 Å². The number of nitrogens with zero attached hydrogens (tertiary/aromatic N) is 2. The fraction of sp³-hybridized carbons (Fsp3) is 0.176. The third-order valence-corrected chi connectivity index (χ3v) is 3.66. The number of benzene rings is 1. The van der Waals surface area contributed by atoms with Crippen molar-refractivity contribution in [3.63, 3.8) is 0 Å². The molecule has 0 saturated heterocycles. The summed E-state index contributed by atoms with van der Waals surface area (Å²) in [7, 11) is 0. The van der Waals surface area contributed by atoms with E-state index in [-0.39, 0.29) is 18.8 Å². The van der Waals surface area contributed by atoms with E-state index in [9.17, 15) is 13.6 Å². The van der Waals surface area contributed by atoms with Gasteiger partial charge in [0.05, 0.1) is 11.4 Å². The third-order valence-electron chi connectivity index (χ3n) is 3.66. The number of imidazole rings is 1. The fourth-order valence-electron chi connectivity index (χ4n) is 2.59. The van der Waals surface area contributed by atoms with Crippen molar-refractivity contribution in [1.29, 1.82) is 0 Å². The van der Waals surface area contributed by atoms with Crippen molar-refractivity contribution in [2.24, 2.45) is 0 Å². The van der Waals surface area contributed by atoms with Crippen LogP contribution < -0.4 is 5.69 Å². The number of H-pyrrole nitrogens is 1. The number of aliphatic hydroxyl groups excluding tert-OH is 1. The number of rotatable bonds is 5. The molecule has 0 radical (unpaired) electrons. The summed E-state index contributed by atoms with van der Waals surface area (Å²) in [6, 6.07) is 8.47. The lowest BCUT2D eigenvalue weighted by Gasteiger charge is -2.10. The Morgan fingerprint density at radius 2 is 1.88 bits per heavy atom. The molecule has 0 spiro atoms. The first kappa shape index (κ1) is 16.1. The molecule has 5 nitrogen and oxygen atoms in total. The normalized spacial score (nSPS) is 11.0. The molecule has 0 amide bonds. The van der Waals surface area contributed by atoms with Gasteiger partial charge in [-0.25, -0.2) is 14.2 Å². The third kappa shape index (κ3) is 3.11. The van der Waals surface area contributed by atoms with Crippen LogP contribution in [0.15, 0.2) is 47.4 Å². The zero-order valence-electron chi connectivity index (χ0n) is 12.7. The number of pyridine rings is 1. The average molecular weight is 331 g/mol. The number of aromatic nitrogens is 3. The van der Waals surface area contributed by atoms with E-state index < -0.39 is 11.8 Å². The molecular weight excluding hydrogens is 316 g/mol. The van der Waals surface area contributed by atoms with Crippen LogP contribution in [-0.4, -0.2) is 26.2 Å². The molecule has 0 saturated carbocycles. The summed E-state index contributed by atoms with van der Waals surface area (Å²) in [5.74, 6) is -1.06. The van der Waals surface area contributed by atoms with E-state index in [1.165, 1.54) is 41.1 Å². The smallest absolute Gasteiger partial charge is 0.326 e. The zero-order valence-corrected chi connectivity index (χ0v) is 12.7. The molecule has 1 aromatic carbocycles. The fourth-order valence-corrected chi connectivity index (χ4v) is 2.59. The van der Waals surface area contributed by atoms with Crippen molar-refractivity contribution >= 4 is 0 Å². The largest absolute Gasteiger partial charge is 0.396 e. The maximum absolute atomic E-state index is 13.5. The molecule has 2 N–H and O–H groups in total. The molecule has 0 aliphatic heterocycles. The molecular formula is C17H15F2N3O2. The highest BCUT2D eigenvalue weighted by molar-refractivity contribution is 5.78. The van der Waals surface area contributed by atoms with E-state index in [2.05, 4.69) is 9.97 Å². The minimum atomic E-state index is -0.667. The molecule has 3 rings (SSSR count). The van der Waals surface area contributed by atoms with E-state index in [1.807, 2.05) is 0 Å². The van der Waals surface area contributed by atoms with Gasteiger partial charge >= 0.3 is 5.69 Å². The van der Waals surface area contributed by atoms with Crippen LogP contribution in [0.25, 0.3) is 22.5 Å². The molecule has 3 aromatic rings. The second-order valence-corrected chi connectivity index (χ2v) is 5.26. The van der Waals surface area contributed by atoms with Gasteiger partial charge in [-0.15, -0.1) is 0 Å². The van der Waals surface area contributed by atoms with Gasteiger partial charge in [-0.3, -0.25) is 4.57 Å². The Labute approximate surface area is 136 Å². The van der Waals surface area contributed by atoms with Crippen LogP contribution in [0.2, 0.25) is 0 Å². The minimum Gasteiger partial charge on any atom is -0.396 e. The van der Waals surface area contributed by atoms with E-state index in [0.29, 0.717) is 28.9 Å². The highest BCUT2D eigenvalue weighted by atomic mass is 19.1. The van der Waals surface area contributed by atoms with E-state index in [1.54, 1.807) is 6.07 Å². The van der Waals surface area contributed by atoms with Crippen LogP contribution in [-0.2, 0) is 6.54 Å². The SMILES string of the molecule is O=c1[nH]c(-c2ccc(F)cc2)c(-c2ccnc(F)c2)n1CCCO. The summed E-state index contributed by atoms with van der Waals surface area (Å²) in [4.78, 5) is 18.6. The Hall–Kier alpha value is -2.80. The lowest BCUT2D eigenvalue weighted by atomic mass is 10.1. The van der Waals surface area contributed by atoms with Gasteiger partial charge in [0.2, 0.25) is 5.95 Å². The quantitative estimate of drug-likeness (QED) is 0.706. The summed E-state index contributed by atoms with van der Waals surface area (Å²) >= 11 is 0. The van der Waals surface area contributed by atoms with E-state index in [0.717, 1.165) is 0 Å². The van der Waals surface area contributed by atoms with Crippen molar-refractivity contribution in [3.8, 4) is 22.5 Å². The van der Waals surface area contributed by atoms with Crippen LogP contribution in [0.1, 0.15) is 6.42 Å². The van der Waals surface area contributed by atoms with Crippen molar-refractivity contribution in [2.75, 3.05) is 6.61 Å². The lowest BCUT2D eigenvalue weighted by Crippen LogP contribution is -2.18. The maximum atomic E-state index is 13.5. The second-order valence-electron chi connectivity index (χ2n) is 5.26. The number of hydrogen-bond acceptors (Lipinski definition) is 3. The number of aromatic amines is 1. The Bertz CT molecular complexity index is 901. The van der Waals surface area contributed by atoms with Crippen LogP contribution >= 0.6 is 0 Å². The topological polar surface area (TPSA) is 70.9 Å². The van der Waals surface area contributed by atoms with E-state index >= 15 is 0 Å². The van der Waals surface area contributed by atoms with Crippen LogP contribution in [0, 0.1) is 11.8 Å². The van der Waals surface area contributed by atoms with Crippen molar-refractivity contribution in [1.82, 2.24) is 14.5 Å². The second kappa shape index (κ2) is 6.76. The van der Waals surface area contributed by atoms with Gasteiger partial charge < -0.3 is 10.1 Å². The highest BCUT2D eigenvalue weighted by Crippen LogP contribution is 2.30. The molecule has 7 heteroatoms. The average Bonchev–Trinajstić information content (AvgIpc) is 2.90. The summed E-state index contributed by atoms with van der Waals surface area (Å²) in [5.41, 5.74) is 1.63. The molecule has 0 atom stereocenters. The van der Waals surface area contributed by atoms with Crippen LogP contribution in [0.4, 0.5) is 8.78 Å². The van der Waals surface area contributed by atoms with Gasteiger partial charge in [-0.2, -0.15) is 4.39 Å². The van der Waals surface area contributed by atoms with Crippen LogP contribution in [0.5, 0.6) is 0 Å². The number of nitrogens with one attached hydrogen (secondary N) is 1. The van der Waals surface area contributed by atoms with Crippen molar-refractivity contribution < 1.29 is 13.9 Å². The Balaban J connectivity index is 2.22. The molecule has 0 bridgehead atoms. The molecule has 124 valence electrons. The summed E-state index contributed by atoms with van der Waals surface area (Å²) in [5, 5.41) is 9.04. The van der Waals surface area contributed by atoms with Gasteiger partial charge in [0.25, 0.3) is 0 Å². The van der Waals surface area contributed by atoms with Gasteiger partial charge in [0, 0.05) is 36.5 Å².